The van der Waals surface area contributed by atoms with Crippen molar-refractivity contribution < 1.29 is 4.79 Å². The normalized spacial score (nSPS) is 15.3. The number of rotatable bonds is 4. The molecule has 6 nitrogen and oxygen atoms in total. The number of carbonyl (C=O) groups excluding carboxylic acids is 1. The molecule has 1 aromatic heterocycles. The van der Waals surface area contributed by atoms with Gasteiger partial charge in [-0.05, 0) is 31.7 Å². The third-order valence-electron chi connectivity index (χ3n) is 4.25. The number of aryl methyl sites for hydroxylation is 1. The molecular weight excluding hydrogens is 302 g/mol. The van der Waals surface area contributed by atoms with Crippen LogP contribution in [0.4, 0.5) is 5.82 Å². The van der Waals surface area contributed by atoms with Crippen LogP contribution < -0.4 is 10.2 Å². The molecule has 0 aliphatic carbocycles. The highest BCUT2D eigenvalue weighted by Crippen LogP contribution is 2.12. The first-order valence-corrected chi connectivity index (χ1v) is 8.23. The zero-order valence-electron chi connectivity index (χ0n) is 14.2. The smallest absolute Gasteiger partial charge is 0.272 e. The first-order chi connectivity index (χ1) is 11.6. The average Bonchev–Trinajstić information content (AvgIpc) is 2.61. The van der Waals surface area contributed by atoms with Gasteiger partial charge in [-0.15, -0.1) is 10.2 Å². The largest absolute Gasteiger partial charge is 0.353 e. The summed E-state index contributed by atoms with van der Waals surface area (Å²) in [5, 5.41) is 11.2. The monoisotopic (exact) mass is 325 g/mol. The van der Waals surface area contributed by atoms with Gasteiger partial charge in [0.25, 0.3) is 5.91 Å². The van der Waals surface area contributed by atoms with Gasteiger partial charge in [0.05, 0.1) is 0 Å². The van der Waals surface area contributed by atoms with Crippen LogP contribution in [0.25, 0.3) is 0 Å². The Kier molecular flexibility index (Phi) is 5.05. The maximum absolute atomic E-state index is 12.2. The molecule has 1 saturated heterocycles. The van der Waals surface area contributed by atoms with Crippen molar-refractivity contribution in [2.24, 2.45) is 0 Å². The summed E-state index contributed by atoms with van der Waals surface area (Å²) in [4.78, 5) is 16.7. The summed E-state index contributed by atoms with van der Waals surface area (Å²) in [5.41, 5.74) is 2.60. The van der Waals surface area contributed by atoms with Crippen LogP contribution in [0.5, 0.6) is 0 Å². The fourth-order valence-electron chi connectivity index (χ4n) is 2.75. The molecular formula is C18H23N5O. The number of aromatic nitrogens is 2. The first kappa shape index (κ1) is 16.4. The van der Waals surface area contributed by atoms with Crippen LogP contribution in [0.15, 0.2) is 36.4 Å². The van der Waals surface area contributed by atoms with E-state index in [-0.39, 0.29) is 5.91 Å². The molecule has 2 heterocycles. The topological polar surface area (TPSA) is 61.4 Å². The molecule has 1 N–H and O–H groups in total. The summed E-state index contributed by atoms with van der Waals surface area (Å²) < 4.78 is 0. The lowest BCUT2D eigenvalue weighted by Crippen LogP contribution is -2.44. The van der Waals surface area contributed by atoms with Gasteiger partial charge in [-0.25, -0.2) is 0 Å². The minimum atomic E-state index is -0.200. The van der Waals surface area contributed by atoms with Gasteiger partial charge in [-0.2, -0.15) is 0 Å². The Morgan fingerprint density at radius 2 is 1.92 bits per heavy atom. The third-order valence-corrected chi connectivity index (χ3v) is 4.25. The average molecular weight is 325 g/mol. The number of likely N-dealkylation sites (N-methyl/N-ethyl adjacent to an activating group) is 1. The number of amides is 1. The standard InChI is InChI=1S/C18H23N5O/c1-14-4-3-5-15(12-14)13-19-18(24)16-6-7-17(21-20-16)23-10-8-22(2)9-11-23/h3-7,12H,8-11,13H2,1-2H3,(H,19,24). The zero-order valence-corrected chi connectivity index (χ0v) is 14.2. The number of hydrogen-bond donors (Lipinski definition) is 1. The third kappa shape index (κ3) is 4.08. The molecule has 6 heteroatoms. The van der Waals surface area contributed by atoms with E-state index in [0.717, 1.165) is 37.6 Å². The summed E-state index contributed by atoms with van der Waals surface area (Å²) in [7, 11) is 2.12. The minimum absolute atomic E-state index is 0.200. The maximum atomic E-state index is 12.2. The Morgan fingerprint density at radius 3 is 2.58 bits per heavy atom. The molecule has 0 atom stereocenters. The number of carbonyl (C=O) groups is 1. The Bertz CT molecular complexity index is 693. The van der Waals surface area contributed by atoms with E-state index in [9.17, 15) is 4.79 Å². The van der Waals surface area contributed by atoms with E-state index in [4.69, 9.17) is 0 Å². The molecule has 2 aromatic rings. The highest BCUT2D eigenvalue weighted by Gasteiger charge is 2.16. The summed E-state index contributed by atoms with van der Waals surface area (Å²) in [6.45, 7) is 6.42. The second-order valence-electron chi connectivity index (χ2n) is 6.24. The van der Waals surface area contributed by atoms with Crippen molar-refractivity contribution in [2.45, 2.75) is 13.5 Å². The van der Waals surface area contributed by atoms with E-state index < -0.39 is 0 Å². The van der Waals surface area contributed by atoms with E-state index >= 15 is 0 Å². The maximum Gasteiger partial charge on any atom is 0.272 e. The molecule has 0 saturated carbocycles. The van der Waals surface area contributed by atoms with Gasteiger partial charge in [0.15, 0.2) is 11.5 Å². The zero-order chi connectivity index (χ0) is 16.9. The van der Waals surface area contributed by atoms with E-state index in [1.54, 1.807) is 6.07 Å². The van der Waals surface area contributed by atoms with Gasteiger partial charge < -0.3 is 15.1 Å². The fraction of sp³-hybridized carbons (Fsp3) is 0.389. The fourth-order valence-corrected chi connectivity index (χ4v) is 2.75. The summed E-state index contributed by atoms with van der Waals surface area (Å²) in [5.74, 6) is 0.632. The minimum Gasteiger partial charge on any atom is -0.353 e. The molecule has 0 radical (unpaired) electrons. The number of benzene rings is 1. The molecule has 0 unspecified atom stereocenters. The quantitative estimate of drug-likeness (QED) is 0.922. The number of nitrogens with one attached hydrogen (secondary N) is 1. The second kappa shape index (κ2) is 7.40. The number of piperazine rings is 1. The Morgan fingerprint density at radius 1 is 1.12 bits per heavy atom. The Labute approximate surface area is 142 Å². The van der Waals surface area contributed by atoms with Crippen LogP contribution in [-0.4, -0.2) is 54.2 Å². The highest BCUT2D eigenvalue weighted by molar-refractivity contribution is 5.92. The van der Waals surface area contributed by atoms with Gasteiger partial charge >= 0.3 is 0 Å². The predicted molar refractivity (Wildman–Crippen MR) is 94.1 cm³/mol. The van der Waals surface area contributed by atoms with Crippen LogP contribution in [0.3, 0.4) is 0 Å². The van der Waals surface area contributed by atoms with Crippen LogP contribution in [-0.2, 0) is 6.54 Å². The van der Waals surface area contributed by atoms with Crippen molar-refractivity contribution >= 4 is 11.7 Å². The van der Waals surface area contributed by atoms with Crippen LogP contribution in [0.2, 0.25) is 0 Å². The molecule has 0 bridgehead atoms. The van der Waals surface area contributed by atoms with Gasteiger partial charge in [0.2, 0.25) is 0 Å². The van der Waals surface area contributed by atoms with Crippen molar-refractivity contribution in [3.05, 3.63) is 53.2 Å². The lowest BCUT2D eigenvalue weighted by molar-refractivity contribution is 0.0945. The van der Waals surface area contributed by atoms with Crippen molar-refractivity contribution in [1.29, 1.82) is 0 Å². The summed E-state index contributed by atoms with van der Waals surface area (Å²) in [6, 6.07) is 11.7. The Balaban J connectivity index is 1.57. The van der Waals surface area contributed by atoms with Gasteiger partial charge in [-0.3, -0.25) is 4.79 Å². The van der Waals surface area contributed by atoms with Crippen LogP contribution >= 0.6 is 0 Å². The molecule has 1 aromatic carbocycles. The molecule has 1 amide bonds. The first-order valence-electron chi connectivity index (χ1n) is 8.23. The Hall–Kier alpha value is -2.47. The molecule has 1 aliphatic rings. The predicted octanol–water partition coefficient (Wildman–Crippen LogP) is 1.47. The van der Waals surface area contributed by atoms with Crippen molar-refractivity contribution in [3.63, 3.8) is 0 Å². The van der Waals surface area contributed by atoms with Crippen molar-refractivity contribution in [2.75, 3.05) is 38.1 Å². The number of hydrogen-bond acceptors (Lipinski definition) is 5. The number of anilines is 1. The lowest BCUT2D eigenvalue weighted by Gasteiger charge is -2.32. The second-order valence-corrected chi connectivity index (χ2v) is 6.24. The molecule has 126 valence electrons. The SMILES string of the molecule is Cc1cccc(CNC(=O)c2ccc(N3CCN(C)CC3)nn2)c1. The molecule has 24 heavy (non-hydrogen) atoms. The summed E-state index contributed by atoms with van der Waals surface area (Å²) >= 11 is 0. The van der Waals surface area contributed by atoms with E-state index in [2.05, 4.69) is 38.4 Å². The highest BCUT2D eigenvalue weighted by atomic mass is 16.1. The van der Waals surface area contributed by atoms with Crippen LogP contribution in [0, 0.1) is 6.92 Å². The van der Waals surface area contributed by atoms with E-state index in [0.29, 0.717) is 12.2 Å². The molecule has 1 aliphatic heterocycles. The lowest BCUT2D eigenvalue weighted by atomic mass is 10.1. The molecule has 0 spiro atoms. The van der Waals surface area contributed by atoms with E-state index in [1.165, 1.54) is 5.56 Å². The van der Waals surface area contributed by atoms with Crippen LogP contribution in [0.1, 0.15) is 21.6 Å². The van der Waals surface area contributed by atoms with Gasteiger partial charge in [-0.1, -0.05) is 29.8 Å². The van der Waals surface area contributed by atoms with E-state index in [1.807, 2.05) is 31.2 Å². The molecule has 3 rings (SSSR count). The van der Waals surface area contributed by atoms with Gasteiger partial charge in [0, 0.05) is 32.7 Å². The molecule has 1 fully saturated rings. The number of nitrogens with zero attached hydrogens (tertiary/aromatic N) is 4. The van der Waals surface area contributed by atoms with Crippen molar-refractivity contribution in [3.8, 4) is 0 Å². The van der Waals surface area contributed by atoms with Crippen molar-refractivity contribution in [1.82, 2.24) is 20.4 Å². The summed E-state index contributed by atoms with van der Waals surface area (Å²) in [6.07, 6.45) is 0. The van der Waals surface area contributed by atoms with Gasteiger partial charge in [0.1, 0.15) is 0 Å².